The first-order valence-electron chi connectivity index (χ1n) is 7.04. The van der Waals surface area contributed by atoms with Crippen LogP contribution in [-0.2, 0) is 22.5 Å². The molecule has 2 heterocycles. The summed E-state index contributed by atoms with van der Waals surface area (Å²) in [4.78, 5) is 14.9. The van der Waals surface area contributed by atoms with Gasteiger partial charge in [-0.05, 0) is 31.4 Å². The molecule has 1 aromatic heterocycles. The number of amides is 1. The first-order chi connectivity index (χ1) is 10.1. The molecule has 7 heteroatoms. The molecule has 0 aliphatic carbocycles. The molecule has 21 heavy (non-hydrogen) atoms. The van der Waals surface area contributed by atoms with Gasteiger partial charge in [0.1, 0.15) is 5.41 Å². The molecule has 1 saturated heterocycles. The minimum atomic E-state index is -0.960. The van der Waals surface area contributed by atoms with E-state index in [-0.39, 0.29) is 11.7 Å². The van der Waals surface area contributed by atoms with Crippen molar-refractivity contribution in [3.8, 4) is 0 Å². The van der Waals surface area contributed by atoms with Crippen LogP contribution in [0.15, 0.2) is 17.3 Å². The number of carbonyl (C=O) groups is 1. The third-order valence-electron chi connectivity index (χ3n) is 3.87. The van der Waals surface area contributed by atoms with Crippen molar-refractivity contribution in [2.75, 3.05) is 13.2 Å². The second kappa shape index (κ2) is 6.91. The summed E-state index contributed by atoms with van der Waals surface area (Å²) in [6, 6.07) is 4.09. The quantitative estimate of drug-likeness (QED) is 0.332. The number of aryl methyl sites for hydroxylation is 1. The van der Waals surface area contributed by atoms with Gasteiger partial charge in [0, 0.05) is 23.0 Å². The van der Waals surface area contributed by atoms with Crippen molar-refractivity contribution in [2.24, 2.45) is 16.3 Å². The molecular formula is C14H21N3O3S. The Bertz CT molecular complexity index is 521. The maximum absolute atomic E-state index is 12.5. The predicted octanol–water partition coefficient (Wildman–Crippen LogP) is 1.47. The van der Waals surface area contributed by atoms with Gasteiger partial charge in [-0.15, -0.1) is 11.3 Å². The zero-order valence-corrected chi connectivity index (χ0v) is 12.9. The predicted molar refractivity (Wildman–Crippen MR) is 81.4 cm³/mol. The van der Waals surface area contributed by atoms with Crippen LogP contribution in [-0.4, -0.2) is 30.2 Å². The molecule has 116 valence electrons. The summed E-state index contributed by atoms with van der Waals surface area (Å²) >= 11 is 1.68. The molecule has 0 saturated carbocycles. The maximum Gasteiger partial charge on any atom is 0.234 e. The summed E-state index contributed by atoms with van der Waals surface area (Å²) < 4.78 is 5.28. The highest BCUT2D eigenvalue weighted by atomic mass is 32.1. The van der Waals surface area contributed by atoms with E-state index in [0.29, 0.717) is 32.6 Å². The van der Waals surface area contributed by atoms with E-state index in [4.69, 9.17) is 15.7 Å². The molecule has 1 aromatic rings. The van der Waals surface area contributed by atoms with E-state index in [1.54, 1.807) is 11.3 Å². The molecule has 2 rings (SSSR count). The summed E-state index contributed by atoms with van der Waals surface area (Å²) in [6.07, 6.45) is 1.85. The maximum atomic E-state index is 12.5. The number of nitrogens with two attached hydrogens (primary N) is 1. The SMILES string of the molecule is CCc1ccc(CNC(=O)C2(/C(N)=N/O)CCOCC2)s1. The van der Waals surface area contributed by atoms with Crippen molar-refractivity contribution in [3.63, 3.8) is 0 Å². The molecule has 1 amide bonds. The molecule has 0 spiro atoms. The van der Waals surface area contributed by atoms with Crippen molar-refractivity contribution >= 4 is 23.1 Å². The third-order valence-corrected chi connectivity index (χ3v) is 5.10. The van der Waals surface area contributed by atoms with E-state index >= 15 is 0 Å². The van der Waals surface area contributed by atoms with Crippen LogP contribution < -0.4 is 11.1 Å². The normalized spacial score (nSPS) is 18.4. The van der Waals surface area contributed by atoms with E-state index in [1.165, 1.54) is 4.88 Å². The zero-order chi connectivity index (χ0) is 15.3. The molecular weight excluding hydrogens is 290 g/mol. The van der Waals surface area contributed by atoms with Gasteiger partial charge < -0.3 is 21.0 Å². The third kappa shape index (κ3) is 3.36. The fourth-order valence-electron chi connectivity index (χ4n) is 2.46. The zero-order valence-electron chi connectivity index (χ0n) is 12.1. The van der Waals surface area contributed by atoms with Crippen LogP contribution in [0, 0.1) is 5.41 Å². The van der Waals surface area contributed by atoms with Gasteiger partial charge in [-0.1, -0.05) is 12.1 Å². The van der Waals surface area contributed by atoms with Crippen molar-refractivity contribution < 1.29 is 14.7 Å². The van der Waals surface area contributed by atoms with Gasteiger partial charge in [0.25, 0.3) is 0 Å². The summed E-state index contributed by atoms with van der Waals surface area (Å²) in [5, 5.41) is 14.9. The largest absolute Gasteiger partial charge is 0.409 e. The van der Waals surface area contributed by atoms with Gasteiger partial charge in [-0.3, -0.25) is 4.79 Å². The Morgan fingerprint density at radius 1 is 1.48 bits per heavy atom. The van der Waals surface area contributed by atoms with Gasteiger partial charge in [0.05, 0.1) is 6.54 Å². The lowest BCUT2D eigenvalue weighted by atomic mass is 9.78. The molecule has 1 fully saturated rings. The number of amidine groups is 1. The molecule has 0 aromatic carbocycles. The monoisotopic (exact) mass is 311 g/mol. The Morgan fingerprint density at radius 2 is 2.14 bits per heavy atom. The van der Waals surface area contributed by atoms with Crippen molar-refractivity contribution in [1.82, 2.24) is 5.32 Å². The first-order valence-corrected chi connectivity index (χ1v) is 7.85. The number of hydrogen-bond acceptors (Lipinski definition) is 5. The number of thiophene rings is 1. The number of rotatable bonds is 5. The molecule has 4 N–H and O–H groups in total. The lowest BCUT2D eigenvalue weighted by Gasteiger charge is -2.34. The number of nitrogens with zero attached hydrogens (tertiary/aromatic N) is 1. The Balaban J connectivity index is 2.05. The second-order valence-corrected chi connectivity index (χ2v) is 6.34. The average molecular weight is 311 g/mol. The number of nitrogens with one attached hydrogen (secondary N) is 1. The number of ether oxygens (including phenoxy) is 1. The second-order valence-electron chi connectivity index (χ2n) is 5.08. The fourth-order valence-corrected chi connectivity index (χ4v) is 3.36. The van der Waals surface area contributed by atoms with Crippen LogP contribution in [0.2, 0.25) is 0 Å². The summed E-state index contributed by atoms with van der Waals surface area (Å²) in [5.74, 6) is -0.240. The number of carbonyl (C=O) groups excluding carboxylic acids is 1. The van der Waals surface area contributed by atoms with Crippen molar-refractivity contribution in [3.05, 3.63) is 21.9 Å². The van der Waals surface area contributed by atoms with Crippen LogP contribution in [0.25, 0.3) is 0 Å². The molecule has 0 atom stereocenters. The van der Waals surface area contributed by atoms with Gasteiger partial charge in [0.2, 0.25) is 5.91 Å². The molecule has 6 nitrogen and oxygen atoms in total. The Labute approximate surface area is 128 Å². The molecule has 1 aliphatic heterocycles. The van der Waals surface area contributed by atoms with Crippen LogP contribution in [0.4, 0.5) is 0 Å². The lowest BCUT2D eigenvalue weighted by Crippen LogP contribution is -2.52. The van der Waals surface area contributed by atoms with Crippen LogP contribution >= 0.6 is 11.3 Å². The van der Waals surface area contributed by atoms with E-state index in [2.05, 4.69) is 23.5 Å². The van der Waals surface area contributed by atoms with E-state index in [9.17, 15) is 4.79 Å². The minimum absolute atomic E-state index is 0.0382. The van der Waals surface area contributed by atoms with Crippen LogP contribution in [0.1, 0.15) is 29.5 Å². The van der Waals surface area contributed by atoms with E-state index in [0.717, 1.165) is 11.3 Å². The van der Waals surface area contributed by atoms with Gasteiger partial charge in [0.15, 0.2) is 5.84 Å². The van der Waals surface area contributed by atoms with E-state index in [1.807, 2.05) is 6.07 Å². The van der Waals surface area contributed by atoms with Gasteiger partial charge in [-0.2, -0.15) is 0 Å². The van der Waals surface area contributed by atoms with Crippen molar-refractivity contribution in [2.45, 2.75) is 32.7 Å². The highest BCUT2D eigenvalue weighted by Gasteiger charge is 2.44. The fraction of sp³-hybridized carbons (Fsp3) is 0.571. The highest BCUT2D eigenvalue weighted by molar-refractivity contribution is 7.11. The highest BCUT2D eigenvalue weighted by Crippen LogP contribution is 2.31. The topological polar surface area (TPSA) is 96.9 Å². The summed E-state index contributed by atoms with van der Waals surface area (Å²) in [7, 11) is 0. The Morgan fingerprint density at radius 3 is 2.71 bits per heavy atom. The minimum Gasteiger partial charge on any atom is -0.409 e. The van der Waals surface area contributed by atoms with Crippen LogP contribution in [0.5, 0.6) is 0 Å². The summed E-state index contributed by atoms with van der Waals surface area (Å²) in [6.45, 7) is 3.43. The molecule has 1 aliphatic rings. The smallest absolute Gasteiger partial charge is 0.234 e. The van der Waals surface area contributed by atoms with Crippen molar-refractivity contribution in [1.29, 1.82) is 0 Å². The van der Waals surface area contributed by atoms with Crippen LogP contribution in [0.3, 0.4) is 0 Å². The average Bonchev–Trinajstić information content (AvgIpc) is 3.00. The van der Waals surface area contributed by atoms with Gasteiger partial charge >= 0.3 is 0 Å². The Kier molecular flexibility index (Phi) is 5.19. The summed E-state index contributed by atoms with van der Waals surface area (Å²) in [5.41, 5.74) is 4.80. The van der Waals surface area contributed by atoms with E-state index < -0.39 is 5.41 Å². The van der Waals surface area contributed by atoms with Gasteiger partial charge in [-0.25, -0.2) is 0 Å². The lowest BCUT2D eigenvalue weighted by molar-refractivity contribution is -0.131. The Hall–Kier alpha value is -1.60. The number of hydrogen-bond donors (Lipinski definition) is 3. The molecule has 0 unspecified atom stereocenters. The standard InChI is InChI=1S/C14H21N3O3S/c1-2-10-3-4-11(21-10)9-16-13(18)14(12(15)17-19)5-7-20-8-6-14/h3-4,19H,2,5-9H2,1H3,(H2,15,17)(H,16,18). The first kappa shape index (κ1) is 15.8. The molecule has 0 radical (unpaired) electrons. The molecule has 0 bridgehead atoms. The number of oxime groups is 1.